The van der Waals surface area contributed by atoms with E-state index >= 15 is 0 Å². The second-order valence-corrected chi connectivity index (χ2v) is 3.65. The summed E-state index contributed by atoms with van der Waals surface area (Å²) in [7, 11) is 2.46. The van der Waals surface area contributed by atoms with E-state index < -0.39 is 24.0 Å². The van der Waals surface area contributed by atoms with Crippen LogP contribution in [-0.4, -0.2) is 44.8 Å². The quantitative estimate of drug-likeness (QED) is 0.647. The lowest BCUT2D eigenvalue weighted by Crippen LogP contribution is -2.50. The summed E-state index contributed by atoms with van der Waals surface area (Å²) in [5.41, 5.74) is 0. The molecule has 0 aromatic carbocycles. The number of urea groups is 1. The second-order valence-electron chi connectivity index (χ2n) is 3.65. The highest BCUT2D eigenvalue weighted by Crippen LogP contribution is 2.03. The molecule has 0 aliphatic rings. The minimum Gasteiger partial charge on any atom is -0.468 e. The number of nitrogens with one attached hydrogen (secondary N) is 2. The standard InChI is InChI=1S/C10H18N2O5/c1-6(2)8(9(14)17-4)12-10(15)11-5-7(13)16-3/h6,8H,5H2,1-4H3,(H2,11,12,15)/t8-/m0/s1. The zero-order valence-electron chi connectivity index (χ0n) is 10.4. The Morgan fingerprint density at radius 1 is 1.12 bits per heavy atom. The van der Waals surface area contributed by atoms with E-state index in [-0.39, 0.29) is 12.5 Å². The van der Waals surface area contributed by atoms with E-state index in [2.05, 4.69) is 20.1 Å². The van der Waals surface area contributed by atoms with Gasteiger partial charge in [0, 0.05) is 0 Å². The third-order valence-electron chi connectivity index (χ3n) is 2.03. The van der Waals surface area contributed by atoms with Gasteiger partial charge in [-0.2, -0.15) is 0 Å². The molecule has 0 radical (unpaired) electrons. The Morgan fingerprint density at radius 3 is 2.12 bits per heavy atom. The van der Waals surface area contributed by atoms with Crippen LogP contribution < -0.4 is 10.6 Å². The minimum absolute atomic E-state index is 0.119. The summed E-state index contributed by atoms with van der Waals surface area (Å²) in [6, 6.07) is -1.38. The Kier molecular flexibility index (Phi) is 6.69. The third kappa shape index (κ3) is 5.74. The molecule has 2 N–H and O–H groups in total. The molecule has 0 bridgehead atoms. The van der Waals surface area contributed by atoms with Gasteiger partial charge in [0.15, 0.2) is 0 Å². The van der Waals surface area contributed by atoms with Gasteiger partial charge in [-0.15, -0.1) is 0 Å². The van der Waals surface area contributed by atoms with Crippen molar-refractivity contribution >= 4 is 18.0 Å². The van der Waals surface area contributed by atoms with Gasteiger partial charge in [0.05, 0.1) is 14.2 Å². The van der Waals surface area contributed by atoms with Crippen LogP contribution in [0.5, 0.6) is 0 Å². The number of methoxy groups -OCH3 is 2. The molecule has 0 saturated carbocycles. The van der Waals surface area contributed by atoms with Crippen LogP contribution in [0.3, 0.4) is 0 Å². The molecule has 0 aromatic rings. The zero-order chi connectivity index (χ0) is 13.4. The first-order valence-electron chi connectivity index (χ1n) is 5.11. The van der Waals surface area contributed by atoms with Gasteiger partial charge in [0.25, 0.3) is 0 Å². The molecule has 17 heavy (non-hydrogen) atoms. The van der Waals surface area contributed by atoms with E-state index in [0.29, 0.717) is 0 Å². The molecule has 0 saturated heterocycles. The van der Waals surface area contributed by atoms with E-state index in [0.717, 1.165) is 0 Å². The van der Waals surface area contributed by atoms with Gasteiger partial charge in [-0.25, -0.2) is 9.59 Å². The van der Waals surface area contributed by atoms with Gasteiger partial charge in [-0.1, -0.05) is 13.8 Å². The summed E-state index contributed by atoms with van der Waals surface area (Å²) in [5, 5.41) is 4.68. The van der Waals surface area contributed by atoms with E-state index in [4.69, 9.17) is 0 Å². The fourth-order valence-corrected chi connectivity index (χ4v) is 1.04. The maximum absolute atomic E-state index is 11.4. The lowest BCUT2D eigenvalue weighted by molar-refractivity contribution is -0.144. The Bertz CT molecular complexity index is 290. The molecule has 0 aliphatic heterocycles. The molecule has 98 valence electrons. The minimum atomic E-state index is -0.752. The Morgan fingerprint density at radius 2 is 1.71 bits per heavy atom. The van der Waals surface area contributed by atoms with Crippen molar-refractivity contribution < 1.29 is 23.9 Å². The summed E-state index contributed by atoms with van der Waals surface area (Å²) in [5.74, 6) is -1.22. The molecule has 0 fully saturated rings. The predicted octanol–water partition coefficient (Wildman–Crippen LogP) is -0.344. The fourth-order valence-electron chi connectivity index (χ4n) is 1.04. The number of amides is 2. The molecule has 0 spiro atoms. The van der Waals surface area contributed by atoms with E-state index in [1.807, 2.05) is 0 Å². The Hall–Kier alpha value is -1.79. The Labute approximate surface area is 99.8 Å². The predicted molar refractivity (Wildman–Crippen MR) is 59.2 cm³/mol. The number of ether oxygens (including phenoxy) is 2. The first-order valence-corrected chi connectivity index (χ1v) is 5.11. The third-order valence-corrected chi connectivity index (χ3v) is 2.03. The average Bonchev–Trinajstić information content (AvgIpc) is 2.31. The summed E-state index contributed by atoms with van der Waals surface area (Å²) in [4.78, 5) is 33.5. The number of carbonyl (C=O) groups is 3. The lowest BCUT2D eigenvalue weighted by atomic mass is 10.1. The van der Waals surface area contributed by atoms with Gasteiger partial charge in [0.1, 0.15) is 12.6 Å². The summed E-state index contributed by atoms with van der Waals surface area (Å²) >= 11 is 0. The van der Waals surface area contributed by atoms with Gasteiger partial charge in [-0.3, -0.25) is 4.79 Å². The number of hydrogen-bond acceptors (Lipinski definition) is 5. The van der Waals surface area contributed by atoms with Crippen molar-refractivity contribution in [3.63, 3.8) is 0 Å². The zero-order valence-corrected chi connectivity index (χ0v) is 10.4. The molecular formula is C10H18N2O5. The maximum atomic E-state index is 11.4. The normalized spacial score (nSPS) is 11.6. The lowest BCUT2D eigenvalue weighted by Gasteiger charge is -2.19. The van der Waals surface area contributed by atoms with Crippen molar-refractivity contribution in [3.05, 3.63) is 0 Å². The van der Waals surface area contributed by atoms with Gasteiger partial charge >= 0.3 is 18.0 Å². The van der Waals surface area contributed by atoms with Crippen LogP contribution in [0.4, 0.5) is 4.79 Å². The van der Waals surface area contributed by atoms with Gasteiger partial charge in [-0.05, 0) is 5.92 Å². The molecule has 7 heteroatoms. The summed E-state index contributed by atoms with van der Waals surface area (Å²) in [6.07, 6.45) is 0. The highest BCUT2D eigenvalue weighted by molar-refractivity contribution is 5.85. The first-order chi connectivity index (χ1) is 7.92. The Balaban J connectivity index is 4.22. The number of esters is 2. The van der Waals surface area contributed by atoms with E-state index in [9.17, 15) is 14.4 Å². The fraction of sp³-hybridized carbons (Fsp3) is 0.700. The molecule has 2 amide bonds. The van der Waals surface area contributed by atoms with Crippen LogP contribution in [0.25, 0.3) is 0 Å². The first kappa shape index (κ1) is 15.2. The number of hydrogen-bond donors (Lipinski definition) is 2. The second kappa shape index (κ2) is 7.48. The van der Waals surface area contributed by atoms with Crippen molar-refractivity contribution in [2.45, 2.75) is 19.9 Å². The number of rotatable bonds is 5. The largest absolute Gasteiger partial charge is 0.468 e. The van der Waals surface area contributed by atoms with Crippen molar-refractivity contribution in [1.82, 2.24) is 10.6 Å². The van der Waals surface area contributed by atoms with Crippen molar-refractivity contribution in [3.8, 4) is 0 Å². The summed E-state index contributed by atoms with van der Waals surface area (Å²) < 4.78 is 8.90. The van der Waals surface area contributed by atoms with Crippen LogP contribution in [0, 0.1) is 5.92 Å². The molecule has 0 heterocycles. The molecular weight excluding hydrogens is 228 g/mol. The average molecular weight is 246 g/mol. The monoisotopic (exact) mass is 246 g/mol. The van der Waals surface area contributed by atoms with Crippen LogP contribution >= 0.6 is 0 Å². The number of carbonyl (C=O) groups excluding carboxylic acids is 3. The topological polar surface area (TPSA) is 93.7 Å². The smallest absolute Gasteiger partial charge is 0.328 e. The molecule has 0 aliphatic carbocycles. The molecule has 7 nitrogen and oxygen atoms in total. The molecule has 1 atom stereocenters. The van der Waals surface area contributed by atoms with E-state index in [1.54, 1.807) is 13.8 Å². The van der Waals surface area contributed by atoms with Gasteiger partial charge < -0.3 is 20.1 Å². The van der Waals surface area contributed by atoms with Gasteiger partial charge in [0.2, 0.25) is 0 Å². The maximum Gasteiger partial charge on any atom is 0.328 e. The van der Waals surface area contributed by atoms with Crippen molar-refractivity contribution in [1.29, 1.82) is 0 Å². The molecule has 0 rings (SSSR count). The molecule has 0 unspecified atom stereocenters. The molecule has 0 aromatic heterocycles. The highest BCUT2D eigenvalue weighted by atomic mass is 16.5. The van der Waals surface area contributed by atoms with Crippen molar-refractivity contribution in [2.75, 3.05) is 20.8 Å². The van der Waals surface area contributed by atoms with Crippen LogP contribution in [0.15, 0.2) is 0 Å². The highest BCUT2D eigenvalue weighted by Gasteiger charge is 2.24. The van der Waals surface area contributed by atoms with Crippen LogP contribution in [-0.2, 0) is 19.1 Å². The van der Waals surface area contributed by atoms with Crippen LogP contribution in [0.1, 0.15) is 13.8 Å². The summed E-state index contributed by atoms with van der Waals surface area (Å²) in [6.45, 7) is 3.28. The van der Waals surface area contributed by atoms with E-state index in [1.165, 1.54) is 14.2 Å². The van der Waals surface area contributed by atoms with Crippen LogP contribution in [0.2, 0.25) is 0 Å². The van der Waals surface area contributed by atoms with Crippen molar-refractivity contribution in [2.24, 2.45) is 5.92 Å². The SMILES string of the molecule is COC(=O)CNC(=O)N[C@H](C(=O)OC)C(C)C.